The SMILES string of the molecule is CCN(CCN)C(C)c1ccc(N2CCOCC2)cc1. The van der Waals surface area contributed by atoms with Crippen molar-refractivity contribution in [2.45, 2.75) is 19.9 Å². The predicted molar refractivity (Wildman–Crippen MR) is 84.2 cm³/mol. The second-order valence-electron chi connectivity index (χ2n) is 5.28. The Morgan fingerprint density at radius 1 is 1.25 bits per heavy atom. The van der Waals surface area contributed by atoms with Gasteiger partial charge in [-0.1, -0.05) is 19.1 Å². The van der Waals surface area contributed by atoms with Gasteiger partial charge in [0, 0.05) is 37.9 Å². The second kappa shape index (κ2) is 7.62. The average molecular weight is 277 g/mol. The van der Waals surface area contributed by atoms with Crippen LogP contribution in [0, 0.1) is 0 Å². The fraction of sp³-hybridized carbons (Fsp3) is 0.625. The van der Waals surface area contributed by atoms with Crippen LogP contribution in [0.25, 0.3) is 0 Å². The summed E-state index contributed by atoms with van der Waals surface area (Å²) in [6, 6.07) is 9.37. The molecule has 1 fully saturated rings. The molecule has 0 amide bonds. The Morgan fingerprint density at radius 3 is 2.45 bits per heavy atom. The van der Waals surface area contributed by atoms with Gasteiger partial charge in [-0.15, -0.1) is 0 Å². The Kier molecular flexibility index (Phi) is 5.83. The molecule has 1 aromatic rings. The van der Waals surface area contributed by atoms with Crippen LogP contribution in [0.2, 0.25) is 0 Å². The van der Waals surface area contributed by atoms with Gasteiger partial charge >= 0.3 is 0 Å². The van der Waals surface area contributed by atoms with Gasteiger partial charge in [-0.3, -0.25) is 4.90 Å². The van der Waals surface area contributed by atoms with Crippen LogP contribution in [0.1, 0.15) is 25.5 Å². The van der Waals surface area contributed by atoms with E-state index < -0.39 is 0 Å². The number of benzene rings is 1. The predicted octanol–water partition coefficient (Wildman–Crippen LogP) is 1.86. The lowest BCUT2D eigenvalue weighted by Crippen LogP contribution is -2.36. The van der Waals surface area contributed by atoms with E-state index in [1.54, 1.807) is 0 Å². The van der Waals surface area contributed by atoms with E-state index in [0.29, 0.717) is 12.6 Å². The van der Waals surface area contributed by atoms with Crippen molar-refractivity contribution in [1.82, 2.24) is 4.90 Å². The number of rotatable bonds is 6. The molecule has 0 spiro atoms. The van der Waals surface area contributed by atoms with Gasteiger partial charge in [0.2, 0.25) is 0 Å². The molecule has 0 bridgehead atoms. The number of anilines is 1. The molecule has 1 aromatic carbocycles. The van der Waals surface area contributed by atoms with Crippen molar-refractivity contribution in [3.8, 4) is 0 Å². The van der Waals surface area contributed by atoms with E-state index in [9.17, 15) is 0 Å². The van der Waals surface area contributed by atoms with Gasteiger partial charge in [-0.05, 0) is 31.2 Å². The van der Waals surface area contributed by atoms with Crippen molar-refractivity contribution in [3.63, 3.8) is 0 Å². The molecule has 1 unspecified atom stereocenters. The van der Waals surface area contributed by atoms with E-state index in [-0.39, 0.29) is 0 Å². The minimum absolute atomic E-state index is 0.419. The van der Waals surface area contributed by atoms with Crippen LogP contribution in [0.3, 0.4) is 0 Å². The molecular weight excluding hydrogens is 250 g/mol. The number of nitrogens with zero attached hydrogens (tertiary/aromatic N) is 2. The van der Waals surface area contributed by atoms with Crippen LogP contribution in [0.4, 0.5) is 5.69 Å². The Bertz CT molecular complexity index is 387. The molecule has 0 aliphatic carbocycles. The zero-order chi connectivity index (χ0) is 14.4. The number of nitrogens with two attached hydrogens (primary N) is 1. The quantitative estimate of drug-likeness (QED) is 0.862. The summed E-state index contributed by atoms with van der Waals surface area (Å²) in [6.07, 6.45) is 0. The van der Waals surface area contributed by atoms with E-state index in [1.165, 1.54) is 11.3 Å². The first-order valence-electron chi connectivity index (χ1n) is 7.63. The first kappa shape index (κ1) is 15.3. The number of morpholine rings is 1. The lowest BCUT2D eigenvalue weighted by atomic mass is 10.1. The van der Waals surface area contributed by atoms with Crippen molar-refractivity contribution in [1.29, 1.82) is 0 Å². The molecule has 2 N–H and O–H groups in total. The summed E-state index contributed by atoms with van der Waals surface area (Å²) in [5.41, 5.74) is 8.34. The van der Waals surface area contributed by atoms with Crippen LogP contribution < -0.4 is 10.6 Å². The van der Waals surface area contributed by atoms with Crippen molar-refractivity contribution in [3.05, 3.63) is 29.8 Å². The first-order valence-corrected chi connectivity index (χ1v) is 7.63. The van der Waals surface area contributed by atoms with E-state index in [0.717, 1.165) is 39.4 Å². The highest BCUT2D eigenvalue weighted by Crippen LogP contribution is 2.23. The molecule has 1 heterocycles. The lowest BCUT2D eigenvalue weighted by Gasteiger charge is -2.30. The first-order chi connectivity index (χ1) is 9.76. The van der Waals surface area contributed by atoms with Crippen LogP contribution in [-0.4, -0.2) is 50.8 Å². The van der Waals surface area contributed by atoms with Gasteiger partial charge in [0.25, 0.3) is 0 Å². The molecule has 20 heavy (non-hydrogen) atoms. The number of likely N-dealkylation sites (N-methyl/N-ethyl adjacent to an activating group) is 1. The largest absolute Gasteiger partial charge is 0.378 e. The molecule has 4 heteroatoms. The van der Waals surface area contributed by atoms with E-state index in [1.807, 2.05) is 0 Å². The number of hydrogen-bond acceptors (Lipinski definition) is 4. The van der Waals surface area contributed by atoms with E-state index in [2.05, 4.69) is 47.9 Å². The van der Waals surface area contributed by atoms with Gasteiger partial charge in [-0.25, -0.2) is 0 Å². The van der Waals surface area contributed by atoms with Gasteiger partial charge in [0.1, 0.15) is 0 Å². The number of ether oxygens (including phenoxy) is 1. The molecular formula is C16H27N3O. The highest BCUT2D eigenvalue weighted by molar-refractivity contribution is 5.48. The van der Waals surface area contributed by atoms with Crippen molar-refractivity contribution >= 4 is 5.69 Å². The highest BCUT2D eigenvalue weighted by atomic mass is 16.5. The van der Waals surface area contributed by atoms with E-state index >= 15 is 0 Å². The molecule has 1 aliphatic rings. The minimum atomic E-state index is 0.419. The second-order valence-corrected chi connectivity index (χ2v) is 5.28. The average Bonchev–Trinajstić information content (AvgIpc) is 2.53. The van der Waals surface area contributed by atoms with Crippen LogP contribution in [-0.2, 0) is 4.74 Å². The smallest absolute Gasteiger partial charge is 0.0642 e. The zero-order valence-corrected chi connectivity index (χ0v) is 12.7. The van der Waals surface area contributed by atoms with Crippen LogP contribution in [0.15, 0.2) is 24.3 Å². The Labute approximate surface area is 122 Å². The summed E-state index contributed by atoms with van der Waals surface area (Å²) in [4.78, 5) is 4.79. The van der Waals surface area contributed by atoms with E-state index in [4.69, 9.17) is 10.5 Å². The summed E-state index contributed by atoms with van der Waals surface area (Å²) in [7, 11) is 0. The number of hydrogen-bond donors (Lipinski definition) is 1. The van der Waals surface area contributed by atoms with Crippen molar-refractivity contribution in [2.24, 2.45) is 5.73 Å². The summed E-state index contributed by atoms with van der Waals surface area (Å²) >= 11 is 0. The molecule has 1 saturated heterocycles. The molecule has 1 atom stereocenters. The maximum atomic E-state index is 5.68. The molecule has 0 saturated carbocycles. The topological polar surface area (TPSA) is 41.7 Å². The molecule has 0 aromatic heterocycles. The summed E-state index contributed by atoms with van der Waals surface area (Å²) in [5, 5.41) is 0. The standard InChI is InChI=1S/C16H27N3O/c1-3-18(9-8-17)14(2)15-4-6-16(7-5-15)19-10-12-20-13-11-19/h4-7,14H,3,8-13,17H2,1-2H3. The van der Waals surface area contributed by atoms with Gasteiger partial charge in [-0.2, -0.15) is 0 Å². The molecule has 4 nitrogen and oxygen atoms in total. The highest BCUT2D eigenvalue weighted by Gasteiger charge is 2.15. The maximum absolute atomic E-state index is 5.68. The third-order valence-corrected chi connectivity index (χ3v) is 4.12. The fourth-order valence-corrected chi connectivity index (χ4v) is 2.79. The van der Waals surface area contributed by atoms with Gasteiger partial charge < -0.3 is 15.4 Å². The maximum Gasteiger partial charge on any atom is 0.0642 e. The Morgan fingerprint density at radius 2 is 1.90 bits per heavy atom. The summed E-state index contributed by atoms with van der Waals surface area (Å²) in [5.74, 6) is 0. The molecule has 1 aliphatic heterocycles. The Hall–Kier alpha value is -1.10. The Balaban J connectivity index is 2.02. The fourth-order valence-electron chi connectivity index (χ4n) is 2.79. The van der Waals surface area contributed by atoms with Crippen molar-refractivity contribution < 1.29 is 4.74 Å². The zero-order valence-electron chi connectivity index (χ0n) is 12.7. The van der Waals surface area contributed by atoms with Gasteiger partial charge in [0.05, 0.1) is 13.2 Å². The lowest BCUT2D eigenvalue weighted by molar-refractivity contribution is 0.122. The third-order valence-electron chi connectivity index (χ3n) is 4.12. The monoisotopic (exact) mass is 277 g/mol. The minimum Gasteiger partial charge on any atom is -0.378 e. The summed E-state index contributed by atoms with van der Waals surface area (Å²) < 4.78 is 5.40. The van der Waals surface area contributed by atoms with Crippen LogP contribution >= 0.6 is 0 Å². The van der Waals surface area contributed by atoms with Gasteiger partial charge in [0.15, 0.2) is 0 Å². The normalized spacial score (nSPS) is 17.5. The van der Waals surface area contributed by atoms with Crippen molar-refractivity contribution in [2.75, 3.05) is 50.8 Å². The molecule has 0 radical (unpaired) electrons. The van der Waals surface area contributed by atoms with Crippen LogP contribution in [0.5, 0.6) is 0 Å². The third kappa shape index (κ3) is 3.72. The summed E-state index contributed by atoms with van der Waals surface area (Å²) in [6.45, 7) is 10.8. The molecule has 112 valence electrons. The molecule has 2 rings (SSSR count).